The molecule has 0 amide bonds. The van der Waals surface area contributed by atoms with Crippen molar-refractivity contribution in [3.05, 3.63) is 70.3 Å². The maximum atomic E-state index is 6.22. The second kappa shape index (κ2) is 9.08. The fourth-order valence-electron chi connectivity index (χ4n) is 2.46. The number of hydrogen-bond donors (Lipinski definition) is 2. The Morgan fingerprint density at radius 3 is 2.74 bits per heavy atom. The number of para-hydroxylation sites is 2. The molecule has 8 heteroatoms. The maximum absolute atomic E-state index is 6.22. The third-order valence-electron chi connectivity index (χ3n) is 3.66. The Bertz CT molecular complexity index is 945. The lowest BCUT2D eigenvalue weighted by Gasteiger charge is -2.13. The molecule has 0 spiro atoms. The lowest BCUT2D eigenvalue weighted by Crippen LogP contribution is -2.20. The van der Waals surface area contributed by atoms with Crippen molar-refractivity contribution in [2.45, 2.75) is 13.5 Å². The maximum Gasteiger partial charge on any atom is 0.176 e. The van der Waals surface area contributed by atoms with Gasteiger partial charge in [0, 0.05) is 22.3 Å². The van der Waals surface area contributed by atoms with Crippen LogP contribution in [0.3, 0.4) is 0 Å². The molecule has 0 fully saturated rings. The minimum Gasteiger partial charge on any atom is -0.492 e. The minimum absolute atomic E-state index is 0.428. The van der Waals surface area contributed by atoms with Crippen LogP contribution in [0, 0.1) is 0 Å². The topological polar surface area (TPSA) is 51.1 Å². The van der Waals surface area contributed by atoms with E-state index >= 15 is 0 Å². The van der Waals surface area contributed by atoms with Gasteiger partial charge >= 0.3 is 0 Å². The summed E-state index contributed by atoms with van der Waals surface area (Å²) in [5.41, 5.74) is 1.73. The van der Waals surface area contributed by atoms with Crippen LogP contribution in [0.15, 0.2) is 54.7 Å². The van der Waals surface area contributed by atoms with Crippen LogP contribution in [-0.4, -0.2) is 21.5 Å². The molecule has 0 aliphatic rings. The predicted octanol–water partition coefficient (Wildman–Crippen LogP) is 5.45. The van der Waals surface area contributed by atoms with E-state index in [4.69, 9.17) is 40.2 Å². The van der Waals surface area contributed by atoms with Gasteiger partial charge in [-0.2, -0.15) is 5.10 Å². The Balaban J connectivity index is 1.63. The molecule has 1 heterocycles. The number of nitrogens with zero attached hydrogens (tertiary/aromatic N) is 2. The lowest BCUT2D eigenvalue weighted by atomic mass is 10.2. The summed E-state index contributed by atoms with van der Waals surface area (Å²) in [6.45, 7) is 3.05. The molecule has 3 aromatic rings. The van der Waals surface area contributed by atoms with E-state index in [1.54, 1.807) is 16.8 Å². The standard InChI is InChI=1S/C19H18Cl2N4OS/c1-2-26-17-6-4-3-5-16(17)22-19(27)23-18-9-10-25(24-18)12-13-7-8-14(20)11-15(13)21/h3-11H,2,12H2,1H3,(H2,22,23,24,27). The van der Waals surface area contributed by atoms with E-state index in [0.717, 1.165) is 17.0 Å². The molecule has 0 saturated heterocycles. The zero-order valence-corrected chi connectivity index (χ0v) is 16.9. The first-order valence-corrected chi connectivity index (χ1v) is 9.49. The van der Waals surface area contributed by atoms with Crippen LogP contribution in [0.2, 0.25) is 10.0 Å². The number of rotatable bonds is 6. The zero-order valence-electron chi connectivity index (χ0n) is 14.6. The summed E-state index contributed by atoms with van der Waals surface area (Å²) < 4.78 is 7.36. The van der Waals surface area contributed by atoms with Crippen LogP contribution in [0.1, 0.15) is 12.5 Å². The van der Waals surface area contributed by atoms with Gasteiger partial charge in [-0.1, -0.05) is 41.4 Å². The van der Waals surface area contributed by atoms with Crippen molar-refractivity contribution in [2.24, 2.45) is 0 Å². The van der Waals surface area contributed by atoms with E-state index in [9.17, 15) is 0 Å². The van der Waals surface area contributed by atoms with E-state index in [0.29, 0.717) is 34.1 Å². The molecule has 0 aliphatic heterocycles. The summed E-state index contributed by atoms with van der Waals surface area (Å²) in [4.78, 5) is 0. The number of nitrogens with one attached hydrogen (secondary N) is 2. The van der Waals surface area contributed by atoms with Gasteiger partial charge < -0.3 is 15.4 Å². The average molecular weight is 421 g/mol. The predicted molar refractivity (Wildman–Crippen MR) is 115 cm³/mol. The Morgan fingerprint density at radius 2 is 1.96 bits per heavy atom. The Morgan fingerprint density at radius 1 is 1.15 bits per heavy atom. The summed E-state index contributed by atoms with van der Waals surface area (Å²) in [6.07, 6.45) is 1.85. The van der Waals surface area contributed by atoms with Crippen molar-refractivity contribution in [2.75, 3.05) is 17.2 Å². The molecule has 5 nitrogen and oxygen atoms in total. The van der Waals surface area contributed by atoms with Crippen LogP contribution in [-0.2, 0) is 6.54 Å². The molecule has 0 unspecified atom stereocenters. The number of anilines is 2. The Hall–Kier alpha value is -2.28. The Kier molecular flexibility index (Phi) is 6.55. The molecule has 0 atom stereocenters. The largest absolute Gasteiger partial charge is 0.492 e. The second-order valence-electron chi connectivity index (χ2n) is 5.64. The van der Waals surface area contributed by atoms with Crippen LogP contribution >= 0.6 is 35.4 Å². The number of thiocarbonyl (C=S) groups is 1. The number of aromatic nitrogens is 2. The minimum atomic E-state index is 0.428. The third kappa shape index (κ3) is 5.35. The van der Waals surface area contributed by atoms with Crippen molar-refractivity contribution >= 4 is 52.0 Å². The van der Waals surface area contributed by atoms with Gasteiger partial charge in [0.05, 0.1) is 18.8 Å². The van der Waals surface area contributed by atoms with Gasteiger partial charge in [0.25, 0.3) is 0 Å². The van der Waals surface area contributed by atoms with E-state index in [-0.39, 0.29) is 0 Å². The molecule has 1 aromatic heterocycles. The molecule has 2 N–H and O–H groups in total. The summed E-state index contributed by atoms with van der Waals surface area (Å²) >= 11 is 17.5. The highest BCUT2D eigenvalue weighted by molar-refractivity contribution is 7.80. The van der Waals surface area contributed by atoms with Crippen LogP contribution in [0.4, 0.5) is 11.5 Å². The molecule has 3 rings (SSSR count). The molecule has 0 radical (unpaired) electrons. The van der Waals surface area contributed by atoms with Crippen LogP contribution in [0.5, 0.6) is 5.75 Å². The van der Waals surface area contributed by atoms with E-state index in [1.165, 1.54) is 0 Å². The van der Waals surface area contributed by atoms with Gasteiger partial charge in [-0.25, -0.2) is 0 Å². The highest BCUT2D eigenvalue weighted by Gasteiger charge is 2.08. The number of hydrogen-bond acceptors (Lipinski definition) is 3. The van der Waals surface area contributed by atoms with E-state index in [1.807, 2.05) is 49.5 Å². The van der Waals surface area contributed by atoms with Crippen LogP contribution in [0.25, 0.3) is 0 Å². The third-order valence-corrected chi connectivity index (χ3v) is 4.46. The smallest absolute Gasteiger partial charge is 0.176 e. The molecule has 0 aliphatic carbocycles. The number of halogens is 2. The van der Waals surface area contributed by atoms with Crippen molar-refractivity contribution in [1.82, 2.24) is 9.78 Å². The molecule has 2 aromatic carbocycles. The molecule has 0 bridgehead atoms. The van der Waals surface area contributed by atoms with Crippen LogP contribution < -0.4 is 15.4 Å². The molecular weight excluding hydrogens is 403 g/mol. The van der Waals surface area contributed by atoms with Gasteiger partial charge in [0.1, 0.15) is 5.75 Å². The van der Waals surface area contributed by atoms with Gasteiger partial charge in [0.15, 0.2) is 10.9 Å². The first kappa shape index (κ1) is 19.5. The van der Waals surface area contributed by atoms with Gasteiger partial charge in [-0.05, 0) is 49.0 Å². The van der Waals surface area contributed by atoms with Crippen molar-refractivity contribution < 1.29 is 4.74 Å². The van der Waals surface area contributed by atoms with Crippen molar-refractivity contribution in [3.63, 3.8) is 0 Å². The fraction of sp³-hybridized carbons (Fsp3) is 0.158. The first-order chi connectivity index (χ1) is 13.0. The summed E-state index contributed by atoms with van der Waals surface area (Å²) in [6, 6.07) is 14.9. The SMILES string of the molecule is CCOc1ccccc1NC(=S)Nc1ccn(Cc2ccc(Cl)cc2Cl)n1. The fourth-order valence-corrected chi connectivity index (χ4v) is 3.14. The molecule has 27 heavy (non-hydrogen) atoms. The summed E-state index contributed by atoms with van der Waals surface area (Å²) in [7, 11) is 0. The number of benzene rings is 2. The van der Waals surface area contributed by atoms with E-state index < -0.39 is 0 Å². The molecular formula is C19H18Cl2N4OS. The quantitative estimate of drug-likeness (QED) is 0.519. The molecule has 0 saturated carbocycles. The highest BCUT2D eigenvalue weighted by atomic mass is 35.5. The van der Waals surface area contributed by atoms with Crippen molar-refractivity contribution in [3.8, 4) is 5.75 Å². The normalized spacial score (nSPS) is 10.5. The van der Waals surface area contributed by atoms with Crippen molar-refractivity contribution in [1.29, 1.82) is 0 Å². The zero-order chi connectivity index (χ0) is 19.2. The average Bonchev–Trinajstić information content (AvgIpc) is 3.06. The molecule has 140 valence electrons. The van der Waals surface area contributed by atoms with Gasteiger partial charge in [0.2, 0.25) is 0 Å². The highest BCUT2D eigenvalue weighted by Crippen LogP contribution is 2.24. The summed E-state index contributed by atoms with van der Waals surface area (Å²) in [5.74, 6) is 1.37. The van der Waals surface area contributed by atoms with Gasteiger partial charge in [-0.3, -0.25) is 4.68 Å². The number of ether oxygens (including phenoxy) is 1. The summed E-state index contributed by atoms with van der Waals surface area (Å²) in [5, 5.41) is 12.3. The lowest BCUT2D eigenvalue weighted by molar-refractivity contribution is 0.342. The van der Waals surface area contributed by atoms with E-state index in [2.05, 4.69) is 15.7 Å². The van der Waals surface area contributed by atoms with Gasteiger partial charge in [-0.15, -0.1) is 0 Å². The first-order valence-electron chi connectivity index (χ1n) is 8.32. The second-order valence-corrected chi connectivity index (χ2v) is 6.89. The monoisotopic (exact) mass is 420 g/mol. The Labute approximate surface area is 173 Å².